The number of hydrogen-bond acceptors (Lipinski definition) is 11. The van der Waals surface area contributed by atoms with Crippen LogP contribution in [0.3, 0.4) is 0 Å². The lowest BCUT2D eigenvalue weighted by molar-refractivity contribution is -0.134. The van der Waals surface area contributed by atoms with Crippen LogP contribution < -0.4 is 26.0 Å². The average Bonchev–Trinajstić information content (AvgIpc) is 3.77. The summed E-state index contributed by atoms with van der Waals surface area (Å²) < 4.78 is 75.2. The quantitative estimate of drug-likeness (QED) is 0.176. The molecule has 1 aliphatic rings. The molecule has 0 fully saturated rings. The van der Waals surface area contributed by atoms with Crippen molar-refractivity contribution in [1.82, 2.24) is 18.8 Å². The van der Waals surface area contributed by atoms with Crippen LogP contribution in [0.2, 0.25) is 0 Å². The third-order valence-corrected chi connectivity index (χ3v) is 10.7. The first-order valence-corrected chi connectivity index (χ1v) is 17.2. The van der Waals surface area contributed by atoms with Crippen LogP contribution in [0.25, 0.3) is 11.0 Å². The van der Waals surface area contributed by atoms with Gasteiger partial charge in [0.15, 0.2) is 5.65 Å². The van der Waals surface area contributed by atoms with Crippen molar-refractivity contribution in [2.45, 2.75) is 24.4 Å². The number of carbonyl (C=O) groups excluding carboxylic acids is 2. The lowest BCUT2D eigenvalue weighted by Gasteiger charge is -2.21. The molecule has 0 saturated carbocycles. The van der Waals surface area contributed by atoms with Crippen LogP contribution >= 0.6 is 11.3 Å². The summed E-state index contributed by atoms with van der Waals surface area (Å²) in [6, 6.07) is 11.7. The molecule has 0 spiro atoms. The molecule has 0 atom stereocenters. The minimum atomic E-state index is -4.76. The summed E-state index contributed by atoms with van der Waals surface area (Å²) in [7, 11) is 0.802. The number of primary amides is 1. The van der Waals surface area contributed by atoms with Gasteiger partial charge in [0, 0.05) is 18.4 Å². The molecule has 0 bridgehead atoms. The first kappa shape index (κ1) is 34.7. The highest BCUT2D eigenvalue weighted by Gasteiger charge is 2.35. The summed E-state index contributed by atoms with van der Waals surface area (Å²) in [4.78, 5) is 36.1. The zero-order valence-corrected chi connectivity index (χ0v) is 28.8. The van der Waals surface area contributed by atoms with Crippen LogP contribution in [-0.2, 0) is 27.4 Å². The Balaban J connectivity index is 1.50. The number of amides is 2. The van der Waals surface area contributed by atoms with E-state index in [2.05, 4.69) is 20.6 Å². The summed E-state index contributed by atoms with van der Waals surface area (Å²) in [5.74, 6) is -1.14. The number of rotatable bonds is 10. The largest absolute Gasteiger partial charge is 0.495 e. The van der Waals surface area contributed by atoms with E-state index < -0.39 is 31.9 Å². The van der Waals surface area contributed by atoms with Gasteiger partial charge < -0.3 is 30.9 Å². The number of nitrogens with two attached hydrogens (primary N) is 1. The summed E-state index contributed by atoms with van der Waals surface area (Å²) in [6.07, 6.45) is -2.92. The van der Waals surface area contributed by atoms with Crippen LogP contribution in [0.15, 0.2) is 59.6 Å². The molecule has 50 heavy (non-hydrogen) atoms. The number of nitrogens with one attached hydrogen (secondary N) is 2. The first-order valence-electron chi connectivity index (χ1n) is 15.0. The maximum atomic E-state index is 13.8. The predicted molar refractivity (Wildman–Crippen MR) is 183 cm³/mol. The Bertz CT molecular complexity index is 2250. The van der Waals surface area contributed by atoms with Crippen molar-refractivity contribution in [1.29, 1.82) is 0 Å². The molecule has 0 aliphatic carbocycles. The van der Waals surface area contributed by atoms with Gasteiger partial charge in [-0.2, -0.15) is 23.1 Å². The van der Waals surface area contributed by atoms with E-state index in [9.17, 15) is 31.2 Å². The summed E-state index contributed by atoms with van der Waals surface area (Å²) in [5, 5.41) is 5.91. The molecule has 4 N–H and O–H groups in total. The number of hydrogen-bond donors (Lipinski definition) is 3. The number of alkyl halides is 3. The Hall–Kier alpha value is -5.20. The molecule has 6 rings (SSSR count). The Morgan fingerprint density at radius 1 is 1.06 bits per heavy atom. The normalized spacial score (nSPS) is 13.2. The predicted octanol–water partition coefficient (Wildman–Crippen LogP) is 5.10. The molecule has 0 saturated heterocycles. The van der Waals surface area contributed by atoms with Crippen molar-refractivity contribution in [3.8, 4) is 5.75 Å². The van der Waals surface area contributed by atoms with E-state index in [0.717, 1.165) is 21.2 Å². The SMILES string of the molecule is COc1cc2c(cc1Nc1nc(Nc3cc(C(F)(F)F)sc3C(N)=O)c3ccn(S(=O)(=O)c4ccc(C)cc4)c3n1)N(C(=O)CN(C)C)CC2. The minimum Gasteiger partial charge on any atom is -0.495 e. The van der Waals surface area contributed by atoms with Crippen LogP contribution in [0.5, 0.6) is 5.75 Å². The Kier molecular flexibility index (Phi) is 8.96. The zero-order chi connectivity index (χ0) is 36.1. The zero-order valence-electron chi connectivity index (χ0n) is 27.1. The number of aryl methyl sites for hydroxylation is 1. The number of halogens is 3. The Morgan fingerprint density at radius 3 is 2.42 bits per heavy atom. The van der Waals surface area contributed by atoms with E-state index in [-0.39, 0.29) is 57.2 Å². The van der Waals surface area contributed by atoms with Crippen molar-refractivity contribution in [3.05, 3.63) is 75.6 Å². The average molecular weight is 729 g/mol. The number of anilines is 5. The maximum Gasteiger partial charge on any atom is 0.425 e. The van der Waals surface area contributed by atoms with Gasteiger partial charge in [0.1, 0.15) is 21.3 Å². The fourth-order valence-corrected chi connectivity index (χ4v) is 7.64. The lowest BCUT2D eigenvalue weighted by atomic mass is 10.1. The molecule has 2 aromatic carbocycles. The van der Waals surface area contributed by atoms with Crippen molar-refractivity contribution < 1.29 is 35.9 Å². The topological polar surface area (TPSA) is 165 Å². The minimum absolute atomic E-state index is 0.0327. The van der Waals surface area contributed by atoms with Crippen molar-refractivity contribution in [2.24, 2.45) is 5.73 Å². The Morgan fingerprint density at radius 2 is 1.78 bits per heavy atom. The third-order valence-electron chi connectivity index (χ3n) is 7.87. The molecule has 1 aliphatic heterocycles. The van der Waals surface area contributed by atoms with Crippen molar-refractivity contribution >= 4 is 73.0 Å². The summed E-state index contributed by atoms with van der Waals surface area (Å²) in [6.45, 7) is 2.45. The smallest absolute Gasteiger partial charge is 0.425 e. The molecular formula is C32H31F3N8O5S2. The van der Waals surface area contributed by atoms with Gasteiger partial charge in [0.05, 0.1) is 35.3 Å². The monoisotopic (exact) mass is 728 g/mol. The standard InChI is InChI=1S/C32H31F3N8O5S2/c1-17-5-7-19(8-6-17)50(46,47)43-12-10-20-29(37-22-15-25(32(33,34)35)49-27(22)28(36)45)39-31(40-30(20)43)38-21-14-23-18(13-24(21)48-4)9-11-42(23)26(44)16-41(2)3/h5-8,10,12-15H,9,11,16H2,1-4H3,(H2,36,45)(H2,37,38,39,40). The van der Waals surface area contributed by atoms with Gasteiger partial charge in [0.25, 0.3) is 15.9 Å². The second-order valence-electron chi connectivity index (χ2n) is 11.7. The van der Waals surface area contributed by atoms with Gasteiger partial charge >= 0.3 is 6.18 Å². The van der Waals surface area contributed by atoms with Crippen LogP contribution in [0.1, 0.15) is 25.7 Å². The van der Waals surface area contributed by atoms with E-state index in [1.165, 1.54) is 31.5 Å². The molecule has 13 nitrogen and oxygen atoms in total. The van der Waals surface area contributed by atoms with Crippen molar-refractivity contribution in [3.63, 3.8) is 0 Å². The fraction of sp³-hybridized carbons (Fsp3) is 0.250. The highest BCUT2D eigenvalue weighted by Crippen LogP contribution is 2.42. The summed E-state index contributed by atoms with van der Waals surface area (Å²) >= 11 is 0.162. The highest BCUT2D eigenvalue weighted by atomic mass is 32.2. The molecule has 2 amide bonds. The lowest BCUT2D eigenvalue weighted by Crippen LogP contribution is -2.36. The van der Waals surface area contributed by atoms with E-state index in [0.29, 0.717) is 30.1 Å². The number of fused-ring (bicyclic) bond motifs is 2. The fourth-order valence-electron chi connectivity index (χ4n) is 5.51. The van der Waals surface area contributed by atoms with Gasteiger partial charge in [-0.1, -0.05) is 17.7 Å². The van der Waals surface area contributed by atoms with Gasteiger partial charge in [-0.15, -0.1) is 11.3 Å². The molecule has 18 heteroatoms. The number of nitrogens with zero attached hydrogens (tertiary/aromatic N) is 5. The van der Waals surface area contributed by atoms with E-state index in [4.69, 9.17) is 10.5 Å². The van der Waals surface area contributed by atoms with Gasteiger partial charge in [-0.05, 0) is 69.4 Å². The van der Waals surface area contributed by atoms with E-state index in [1.807, 2.05) is 6.92 Å². The van der Waals surface area contributed by atoms with Crippen molar-refractivity contribution in [2.75, 3.05) is 49.8 Å². The molecule has 5 aromatic rings. The second kappa shape index (κ2) is 12.9. The first-order chi connectivity index (χ1) is 23.6. The molecule has 0 unspecified atom stereocenters. The van der Waals surface area contributed by atoms with Crippen LogP contribution in [0, 0.1) is 6.92 Å². The van der Waals surface area contributed by atoms with Gasteiger partial charge in [-0.25, -0.2) is 12.4 Å². The van der Waals surface area contributed by atoms with Crippen LogP contribution in [0.4, 0.5) is 42.0 Å². The number of thiophene rings is 1. The Labute approximate surface area is 288 Å². The number of ether oxygens (including phenoxy) is 1. The summed E-state index contributed by atoms with van der Waals surface area (Å²) in [5.41, 5.74) is 7.70. The molecule has 262 valence electrons. The van der Waals surface area contributed by atoms with Gasteiger partial charge in [-0.3, -0.25) is 9.59 Å². The number of likely N-dealkylation sites (N-methyl/N-ethyl adjacent to an activating group) is 1. The van der Waals surface area contributed by atoms with Gasteiger partial charge in [0.2, 0.25) is 11.9 Å². The van der Waals surface area contributed by atoms with Crippen LogP contribution in [-0.4, -0.2) is 73.4 Å². The molecule has 4 heterocycles. The molecular weight excluding hydrogens is 698 g/mol. The second-order valence-corrected chi connectivity index (χ2v) is 14.6. The van der Waals surface area contributed by atoms with E-state index in [1.54, 1.807) is 48.2 Å². The third kappa shape index (κ3) is 6.56. The number of benzene rings is 2. The number of aromatic nitrogens is 3. The highest BCUT2D eigenvalue weighted by molar-refractivity contribution is 7.90. The molecule has 0 radical (unpaired) electrons. The van der Waals surface area contributed by atoms with E-state index >= 15 is 0 Å². The number of carbonyl (C=O) groups is 2. The maximum absolute atomic E-state index is 13.8. The molecule has 3 aromatic heterocycles. The number of methoxy groups -OCH3 is 1.